The van der Waals surface area contributed by atoms with E-state index in [1.165, 1.54) is 11.3 Å². The van der Waals surface area contributed by atoms with Gasteiger partial charge in [0.15, 0.2) is 0 Å². The lowest BCUT2D eigenvalue weighted by molar-refractivity contribution is 0.735. The highest BCUT2D eigenvalue weighted by atomic mass is 32.1. The molecule has 0 fully saturated rings. The number of hydrogen-bond donors (Lipinski definition) is 2. The van der Waals surface area contributed by atoms with E-state index in [2.05, 4.69) is 17.2 Å². The Morgan fingerprint density at radius 3 is 2.75 bits per heavy atom. The Bertz CT molecular complexity index is 501. The minimum absolute atomic E-state index is 0.00626. The van der Waals surface area contributed by atoms with E-state index in [-0.39, 0.29) is 4.87 Å². The van der Waals surface area contributed by atoms with Gasteiger partial charge in [0, 0.05) is 11.4 Å². The highest BCUT2D eigenvalue weighted by molar-refractivity contribution is 7.09. The van der Waals surface area contributed by atoms with E-state index in [0.717, 1.165) is 29.2 Å². The molecule has 0 aliphatic rings. The molecule has 0 aliphatic heterocycles. The van der Waals surface area contributed by atoms with Crippen molar-refractivity contribution >= 4 is 11.3 Å². The van der Waals surface area contributed by atoms with Crippen LogP contribution in [-0.4, -0.2) is 11.5 Å². The van der Waals surface area contributed by atoms with Gasteiger partial charge in [0.1, 0.15) is 0 Å². The zero-order valence-corrected chi connectivity index (χ0v) is 9.93. The van der Waals surface area contributed by atoms with Crippen LogP contribution in [-0.2, 0) is 6.54 Å². The maximum atomic E-state index is 11.4. The number of aromatic nitrogens is 1. The van der Waals surface area contributed by atoms with Crippen molar-refractivity contribution in [2.24, 2.45) is 0 Å². The fourth-order valence-corrected chi connectivity index (χ4v) is 2.38. The first kappa shape index (κ1) is 11.1. The van der Waals surface area contributed by atoms with Crippen molar-refractivity contribution in [2.45, 2.75) is 13.5 Å². The van der Waals surface area contributed by atoms with Gasteiger partial charge in [-0.15, -0.1) is 0 Å². The van der Waals surface area contributed by atoms with E-state index in [9.17, 15) is 4.79 Å². The highest BCUT2D eigenvalue weighted by Crippen LogP contribution is 2.22. The van der Waals surface area contributed by atoms with Gasteiger partial charge in [0.25, 0.3) is 0 Å². The predicted molar refractivity (Wildman–Crippen MR) is 67.8 cm³/mol. The lowest BCUT2D eigenvalue weighted by Crippen LogP contribution is -2.11. The largest absolute Gasteiger partial charge is 0.312 e. The fourth-order valence-electron chi connectivity index (χ4n) is 1.56. The van der Waals surface area contributed by atoms with Crippen LogP contribution in [0.4, 0.5) is 0 Å². The van der Waals surface area contributed by atoms with Gasteiger partial charge in [-0.1, -0.05) is 48.6 Å². The topological polar surface area (TPSA) is 44.9 Å². The van der Waals surface area contributed by atoms with Gasteiger partial charge in [0.2, 0.25) is 0 Å². The Hall–Kier alpha value is -1.39. The lowest BCUT2D eigenvalue weighted by Gasteiger charge is -2.03. The van der Waals surface area contributed by atoms with Crippen LogP contribution < -0.4 is 10.2 Å². The summed E-state index contributed by atoms with van der Waals surface area (Å²) in [4.78, 5) is 15.3. The third-order valence-corrected chi connectivity index (χ3v) is 3.20. The molecule has 0 saturated carbocycles. The van der Waals surface area contributed by atoms with Gasteiger partial charge in [-0.05, 0) is 12.1 Å². The zero-order valence-electron chi connectivity index (χ0n) is 9.12. The fraction of sp³-hybridized carbons (Fsp3) is 0.250. The maximum Gasteiger partial charge on any atom is 0.305 e. The van der Waals surface area contributed by atoms with E-state index in [4.69, 9.17) is 0 Å². The molecule has 1 aromatic heterocycles. The standard InChI is InChI=1S/C12H14N2OS/c1-2-13-8-10-11(14-12(15)16-10)9-6-4-3-5-7-9/h3-7,13H,2,8H2,1H3,(H,14,15). The molecule has 1 heterocycles. The van der Waals surface area contributed by atoms with Crippen molar-refractivity contribution in [1.82, 2.24) is 10.3 Å². The molecule has 4 heteroatoms. The van der Waals surface area contributed by atoms with E-state index in [1.54, 1.807) is 0 Å². The minimum Gasteiger partial charge on any atom is -0.312 e. The Balaban J connectivity index is 2.36. The Kier molecular flexibility index (Phi) is 3.54. The van der Waals surface area contributed by atoms with Gasteiger partial charge in [-0.25, -0.2) is 0 Å². The smallest absolute Gasteiger partial charge is 0.305 e. The van der Waals surface area contributed by atoms with E-state index >= 15 is 0 Å². The van der Waals surface area contributed by atoms with E-state index in [0.29, 0.717) is 0 Å². The molecule has 0 atom stereocenters. The molecule has 3 nitrogen and oxygen atoms in total. The molecule has 0 radical (unpaired) electrons. The molecule has 2 rings (SSSR count). The number of rotatable bonds is 4. The van der Waals surface area contributed by atoms with Gasteiger partial charge in [0.05, 0.1) is 5.69 Å². The number of benzene rings is 1. The number of H-pyrrole nitrogens is 1. The summed E-state index contributed by atoms with van der Waals surface area (Å²) in [5.41, 5.74) is 2.00. The monoisotopic (exact) mass is 234 g/mol. The molecule has 0 amide bonds. The van der Waals surface area contributed by atoms with E-state index in [1.807, 2.05) is 30.3 Å². The average Bonchev–Trinajstić information content (AvgIpc) is 2.69. The molecule has 16 heavy (non-hydrogen) atoms. The van der Waals surface area contributed by atoms with Crippen molar-refractivity contribution in [2.75, 3.05) is 6.54 Å². The molecule has 0 spiro atoms. The van der Waals surface area contributed by atoms with Crippen molar-refractivity contribution < 1.29 is 0 Å². The summed E-state index contributed by atoms with van der Waals surface area (Å²) in [5, 5.41) is 3.24. The normalized spacial score (nSPS) is 10.6. The summed E-state index contributed by atoms with van der Waals surface area (Å²) in [7, 11) is 0. The van der Waals surface area contributed by atoms with E-state index < -0.39 is 0 Å². The van der Waals surface area contributed by atoms with Gasteiger partial charge >= 0.3 is 4.87 Å². The summed E-state index contributed by atoms with van der Waals surface area (Å²) in [6.07, 6.45) is 0. The molecular weight excluding hydrogens is 220 g/mol. The second-order valence-corrected chi connectivity index (χ2v) is 4.53. The number of aromatic amines is 1. The molecule has 0 saturated heterocycles. The molecule has 2 N–H and O–H groups in total. The highest BCUT2D eigenvalue weighted by Gasteiger charge is 2.08. The summed E-state index contributed by atoms with van der Waals surface area (Å²) < 4.78 is 0. The first-order chi connectivity index (χ1) is 7.81. The lowest BCUT2D eigenvalue weighted by atomic mass is 10.1. The van der Waals surface area contributed by atoms with Crippen LogP contribution in [0.3, 0.4) is 0 Å². The molecule has 0 unspecified atom stereocenters. The van der Waals surface area contributed by atoms with Crippen LogP contribution in [0.1, 0.15) is 11.8 Å². The van der Waals surface area contributed by atoms with Crippen LogP contribution in [0.2, 0.25) is 0 Å². The third kappa shape index (κ3) is 2.40. The number of nitrogens with one attached hydrogen (secondary N) is 2. The molecule has 1 aromatic carbocycles. The van der Waals surface area contributed by atoms with Gasteiger partial charge < -0.3 is 10.3 Å². The first-order valence-corrected chi connectivity index (χ1v) is 6.11. The molecule has 84 valence electrons. The van der Waals surface area contributed by atoms with Crippen molar-refractivity contribution in [3.05, 3.63) is 44.9 Å². The van der Waals surface area contributed by atoms with Crippen LogP contribution in [0.25, 0.3) is 11.3 Å². The van der Waals surface area contributed by atoms with Crippen LogP contribution in [0.5, 0.6) is 0 Å². The van der Waals surface area contributed by atoms with Gasteiger partial charge in [-0.3, -0.25) is 4.79 Å². The second kappa shape index (κ2) is 5.09. The summed E-state index contributed by atoms with van der Waals surface area (Å²) in [6.45, 7) is 3.70. The first-order valence-electron chi connectivity index (χ1n) is 5.29. The maximum absolute atomic E-state index is 11.4. The minimum atomic E-state index is 0.00626. The zero-order chi connectivity index (χ0) is 11.4. The van der Waals surface area contributed by atoms with Crippen LogP contribution in [0.15, 0.2) is 35.1 Å². The summed E-state index contributed by atoms with van der Waals surface area (Å²) >= 11 is 1.28. The molecule has 0 bridgehead atoms. The molecule has 2 aromatic rings. The quantitative estimate of drug-likeness (QED) is 0.852. The molecular formula is C12H14N2OS. The second-order valence-electron chi connectivity index (χ2n) is 3.46. The van der Waals surface area contributed by atoms with Crippen LogP contribution in [0, 0.1) is 0 Å². The number of thiazole rings is 1. The third-order valence-electron chi connectivity index (χ3n) is 2.32. The Morgan fingerprint density at radius 1 is 1.31 bits per heavy atom. The van der Waals surface area contributed by atoms with Crippen molar-refractivity contribution in [3.8, 4) is 11.3 Å². The summed E-state index contributed by atoms with van der Waals surface area (Å²) in [5.74, 6) is 0. The Morgan fingerprint density at radius 2 is 2.06 bits per heavy atom. The average molecular weight is 234 g/mol. The number of hydrogen-bond acceptors (Lipinski definition) is 3. The summed E-state index contributed by atoms with van der Waals surface area (Å²) in [6, 6.07) is 9.93. The predicted octanol–water partition coefficient (Wildman–Crippen LogP) is 2.21. The SMILES string of the molecule is CCNCc1sc(=O)[nH]c1-c1ccccc1. The van der Waals surface area contributed by atoms with Crippen molar-refractivity contribution in [1.29, 1.82) is 0 Å². The Labute approximate surface area is 98.2 Å². The van der Waals surface area contributed by atoms with Crippen molar-refractivity contribution in [3.63, 3.8) is 0 Å². The molecule has 0 aliphatic carbocycles. The van der Waals surface area contributed by atoms with Crippen LogP contribution >= 0.6 is 11.3 Å². The van der Waals surface area contributed by atoms with Gasteiger partial charge in [-0.2, -0.15) is 0 Å².